The first kappa shape index (κ1) is 12.3. The van der Waals surface area contributed by atoms with Crippen LogP contribution in [0, 0.1) is 5.41 Å². The number of hydrogen-bond donors (Lipinski definition) is 2. The van der Waals surface area contributed by atoms with Crippen LogP contribution in [0.25, 0.3) is 0 Å². The summed E-state index contributed by atoms with van der Waals surface area (Å²) in [5.41, 5.74) is 7.77. The molecule has 3 nitrogen and oxygen atoms in total. The minimum Gasteiger partial charge on any atom is -0.388 e. The Morgan fingerprint density at radius 1 is 1.59 bits per heavy atom. The highest BCUT2D eigenvalue weighted by Crippen LogP contribution is 2.38. The summed E-state index contributed by atoms with van der Waals surface area (Å²) in [4.78, 5) is 4.48. The van der Waals surface area contributed by atoms with Gasteiger partial charge in [0.1, 0.15) is 4.99 Å². The van der Waals surface area contributed by atoms with Crippen molar-refractivity contribution in [1.29, 1.82) is 0 Å². The third-order valence-corrected chi connectivity index (χ3v) is 3.56. The largest absolute Gasteiger partial charge is 0.388 e. The summed E-state index contributed by atoms with van der Waals surface area (Å²) in [7, 11) is 0. The molecule has 17 heavy (non-hydrogen) atoms. The Hall–Kier alpha value is -1.16. The Morgan fingerprint density at radius 3 is 2.94 bits per heavy atom. The molecule has 0 aliphatic heterocycles. The van der Waals surface area contributed by atoms with Gasteiger partial charge in [0, 0.05) is 17.9 Å². The topological polar surface area (TPSA) is 50.9 Å². The van der Waals surface area contributed by atoms with Crippen molar-refractivity contribution in [3.63, 3.8) is 0 Å². The van der Waals surface area contributed by atoms with Gasteiger partial charge in [0.15, 0.2) is 0 Å². The molecule has 1 aliphatic carbocycles. The third kappa shape index (κ3) is 3.16. The van der Waals surface area contributed by atoms with Crippen LogP contribution in [0.3, 0.4) is 0 Å². The Balaban J connectivity index is 2.04. The van der Waals surface area contributed by atoms with E-state index in [0.717, 1.165) is 5.69 Å². The summed E-state index contributed by atoms with van der Waals surface area (Å²) in [5, 5.41) is 3.54. The molecule has 1 saturated carbocycles. The van der Waals surface area contributed by atoms with Crippen LogP contribution in [0.2, 0.25) is 0 Å². The quantitative estimate of drug-likeness (QED) is 0.809. The molecule has 0 saturated heterocycles. The fourth-order valence-electron chi connectivity index (χ4n) is 2.45. The van der Waals surface area contributed by atoms with Crippen molar-refractivity contribution in [3.8, 4) is 0 Å². The first-order chi connectivity index (χ1) is 7.96. The van der Waals surface area contributed by atoms with Gasteiger partial charge in [-0.05, 0) is 36.8 Å². The maximum absolute atomic E-state index is 5.58. The maximum atomic E-state index is 5.58. The summed E-state index contributed by atoms with van der Waals surface area (Å²) < 4.78 is 0. The molecule has 0 aromatic carbocycles. The first-order valence-electron chi connectivity index (χ1n) is 5.99. The molecule has 1 aromatic rings. The average molecular weight is 249 g/mol. The second kappa shape index (κ2) is 4.61. The standard InChI is InChI=1S/C13H19N3S/c1-13(2)5-3-10(8-13)16-9-4-6-15-11(7-9)12(14)17/h4,6-7,10H,3,5,8H2,1-2H3,(H2,14,17)(H,15,16). The smallest absolute Gasteiger partial charge is 0.122 e. The van der Waals surface area contributed by atoms with Crippen LogP contribution >= 0.6 is 12.2 Å². The van der Waals surface area contributed by atoms with Gasteiger partial charge >= 0.3 is 0 Å². The highest BCUT2D eigenvalue weighted by molar-refractivity contribution is 7.80. The van der Waals surface area contributed by atoms with E-state index in [-0.39, 0.29) is 0 Å². The van der Waals surface area contributed by atoms with Gasteiger partial charge in [-0.15, -0.1) is 0 Å². The van der Waals surface area contributed by atoms with Crippen LogP contribution in [0.5, 0.6) is 0 Å². The monoisotopic (exact) mass is 249 g/mol. The Bertz CT molecular complexity index is 428. The molecule has 0 radical (unpaired) electrons. The molecule has 3 N–H and O–H groups in total. The van der Waals surface area contributed by atoms with Gasteiger partial charge in [-0.1, -0.05) is 26.1 Å². The number of nitrogens with one attached hydrogen (secondary N) is 1. The number of hydrogen-bond acceptors (Lipinski definition) is 3. The fraction of sp³-hybridized carbons (Fsp3) is 0.538. The second-order valence-electron chi connectivity index (χ2n) is 5.54. The van der Waals surface area contributed by atoms with Crippen LogP contribution in [-0.4, -0.2) is 16.0 Å². The number of pyridine rings is 1. The van der Waals surface area contributed by atoms with Crippen LogP contribution in [0.4, 0.5) is 5.69 Å². The molecule has 2 rings (SSSR count). The Kier molecular flexibility index (Phi) is 3.33. The Labute approximate surface area is 108 Å². The van der Waals surface area contributed by atoms with Crippen molar-refractivity contribution >= 4 is 22.9 Å². The van der Waals surface area contributed by atoms with Gasteiger partial charge in [0.2, 0.25) is 0 Å². The maximum Gasteiger partial charge on any atom is 0.122 e. The van der Waals surface area contributed by atoms with E-state index in [9.17, 15) is 0 Å². The molecule has 0 amide bonds. The zero-order valence-corrected chi connectivity index (χ0v) is 11.2. The zero-order chi connectivity index (χ0) is 12.5. The highest BCUT2D eigenvalue weighted by atomic mass is 32.1. The van der Waals surface area contributed by atoms with Gasteiger partial charge in [-0.25, -0.2) is 0 Å². The second-order valence-corrected chi connectivity index (χ2v) is 5.98. The van der Waals surface area contributed by atoms with Crippen molar-refractivity contribution in [2.24, 2.45) is 11.1 Å². The predicted octanol–water partition coefficient (Wildman–Crippen LogP) is 2.71. The molecular weight excluding hydrogens is 230 g/mol. The number of anilines is 1. The summed E-state index contributed by atoms with van der Waals surface area (Å²) >= 11 is 4.93. The van der Waals surface area contributed by atoms with Crippen LogP contribution in [-0.2, 0) is 0 Å². The average Bonchev–Trinajstić information content (AvgIpc) is 2.58. The lowest BCUT2D eigenvalue weighted by Crippen LogP contribution is -2.18. The van der Waals surface area contributed by atoms with Gasteiger partial charge in [-0.2, -0.15) is 0 Å². The van der Waals surface area contributed by atoms with Gasteiger partial charge in [0.25, 0.3) is 0 Å². The van der Waals surface area contributed by atoms with E-state index in [1.807, 2.05) is 12.1 Å². The van der Waals surface area contributed by atoms with Gasteiger partial charge < -0.3 is 11.1 Å². The number of aromatic nitrogens is 1. The SMILES string of the molecule is CC1(C)CCC(Nc2ccnc(C(N)=S)c2)C1. The lowest BCUT2D eigenvalue weighted by molar-refractivity contribution is 0.378. The number of rotatable bonds is 3. The van der Waals surface area contributed by atoms with E-state index in [0.29, 0.717) is 22.1 Å². The molecule has 0 spiro atoms. The van der Waals surface area contributed by atoms with E-state index in [1.54, 1.807) is 6.20 Å². The lowest BCUT2D eigenvalue weighted by Gasteiger charge is -2.18. The van der Waals surface area contributed by atoms with Gasteiger partial charge in [0.05, 0.1) is 5.69 Å². The Morgan fingerprint density at radius 2 is 2.35 bits per heavy atom. The summed E-state index contributed by atoms with van der Waals surface area (Å²) in [5.74, 6) is 0. The van der Waals surface area contributed by atoms with Crippen LogP contribution < -0.4 is 11.1 Å². The van der Waals surface area contributed by atoms with E-state index < -0.39 is 0 Å². The minimum atomic E-state index is 0.348. The molecule has 1 fully saturated rings. The van der Waals surface area contributed by atoms with Crippen molar-refractivity contribution in [2.75, 3.05) is 5.32 Å². The number of thiocarbonyl (C=S) groups is 1. The molecule has 1 unspecified atom stereocenters. The lowest BCUT2D eigenvalue weighted by atomic mass is 9.92. The van der Waals surface area contributed by atoms with Gasteiger partial charge in [-0.3, -0.25) is 4.98 Å². The summed E-state index contributed by atoms with van der Waals surface area (Å²) in [6.45, 7) is 4.64. The van der Waals surface area contributed by atoms with Crippen molar-refractivity contribution in [1.82, 2.24) is 4.98 Å². The molecule has 4 heteroatoms. The molecule has 0 bridgehead atoms. The highest BCUT2D eigenvalue weighted by Gasteiger charge is 2.30. The summed E-state index contributed by atoms with van der Waals surface area (Å²) in [6, 6.07) is 4.44. The molecule has 1 atom stereocenters. The van der Waals surface area contributed by atoms with E-state index in [2.05, 4.69) is 24.1 Å². The third-order valence-electron chi connectivity index (χ3n) is 3.35. The van der Waals surface area contributed by atoms with Crippen molar-refractivity contribution in [2.45, 2.75) is 39.2 Å². The fourth-order valence-corrected chi connectivity index (χ4v) is 2.56. The first-order valence-corrected chi connectivity index (χ1v) is 6.39. The molecule has 1 aliphatic rings. The van der Waals surface area contributed by atoms with E-state index in [1.165, 1.54) is 19.3 Å². The molecule has 1 heterocycles. The number of nitrogens with two attached hydrogens (primary N) is 1. The van der Waals surface area contributed by atoms with Crippen molar-refractivity contribution < 1.29 is 0 Å². The van der Waals surface area contributed by atoms with Crippen LogP contribution in [0.1, 0.15) is 38.8 Å². The minimum absolute atomic E-state index is 0.348. The molecular formula is C13H19N3S. The van der Waals surface area contributed by atoms with Crippen molar-refractivity contribution in [3.05, 3.63) is 24.0 Å². The predicted molar refractivity (Wildman–Crippen MR) is 75.2 cm³/mol. The normalized spacial score (nSPS) is 22.4. The molecule has 1 aromatic heterocycles. The number of nitrogens with zero attached hydrogens (tertiary/aromatic N) is 1. The zero-order valence-electron chi connectivity index (χ0n) is 10.4. The van der Waals surface area contributed by atoms with E-state index in [4.69, 9.17) is 18.0 Å². The molecule has 92 valence electrons. The summed E-state index contributed by atoms with van der Waals surface area (Å²) in [6.07, 6.45) is 5.45. The van der Waals surface area contributed by atoms with E-state index >= 15 is 0 Å². The van der Waals surface area contributed by atoms with Crippen LogP contribution in [0.15, 0.2) is 18.3 Å².